The highest BCUT2D eigenvalue weighted by molar-refractivity contribution is 7.99. The molecule has 0 radical (unpaired) electrons. The highest BCUT2D eigenvalue weighted by Crippen LogP contribution is 2.29. The van der Waals surface area contributed by atoms with E-state index in [0.717, 1.165) is 41.7 Å². The number of hydrogen-bond donors (Lipinski definition) is 0. The van der Waals surface area contributed by atoms with Gasteiger partial charge in [-0.05, 0) is 43.7 Å². The van der Waals surface area contributed by atoms with Crippen molar-refractivity contribution in [1.82, 2.24) is 0 Å². The normalized spacial score (nSPS) is 10.8. The standard InChI is InChI=1S/C19H21ClO4S/c1-13(2)19(22)23-9-5-3-4-6-10-25-17-12-18(21)24-16-8-7-14(20)11-15(16)17/h7-8,11-12H,1,3-6,9-10H2,2H3. The maximum atomic E-state index is 11.6. The number of rotatable bonds is 9. The Morgan fingerprint density at radius 3 is 2.76 bits per heavy atom. The number of thioether (sulfide) groups is 1. The molecule has 25 heavy (non-hydrogen) atoms. The molecule has 0 saturated heterocycles. The lowest BCUT2D eigenvalue weighted by atomic mass is 10.2. The largest absolute Gasteiger partial charge is 0.462 e. The lowest BCUT2D eigenvalue weighted by Gasteiger charge is -2.06. The van der Waals surface area contributed by atoms with Gasteiger partial charge in [-0.1, -0.05) is 31.0 Å². The number of unbranched alkanes of at least 4 members (excludes halogenated alkanes) is 3. The van der Waals surface area contributed by atoms with E-state index < -0.39 is 0 Å². The quantitative estimate of drug-likeness (QED) is 0.196. The van der Waals surface area contributed by atoms with E-state index in [4.69, 9.17) is 20.8 Å². The van der Waals surface area contributed by atoms with Crippen LogP contribution in [-0.2, 0) is 9.53 Å². The molecule has 2 rings (SSSR count). The molecule has 0 amide bonds. The van der Waals surface area contributed by atoms with Gasteiger partial charge in [0.2, 0.25) is 0 Å². The molecule has 1 aromatic heterocycles. The van der Waals surface area contributed by atoms with Crippen molar-refractivity contribution in [2.24, 2.45) is 0 Å². The number of fused-ring (bicyclic) bond motifs is 1. The molecule has 0 saturated carbocycles. The van der Waals surface area contributed by atoms with Crippen molar-refractivity contribution in [2.45, 2.75) is 37.5 Å². The summed E-state index contributed by atoms with van der Waals surface area (Å²) in [7, 11) is 0. The molecule has 0 aliphatic rings. The molecule has 6 heteroatoms. The first-order valence-electron chi connectivity index (χ1n) is 8.16. The van der Waals surface area contributed by atoms with Gasteiger partial charge in [0.15, 0.2) is 0 Å². The third-order valence-electron chi connectivity index (χ3n) is 3.54. The molecule has 134 valence electrons. The lowest BCUT2D eigenvalue weighted by molar-refractivity contribution is -0.139. The molecule has 0 bridgehead atoms. The van der Waals surface area contributed by atoms with Gasteiger partial charge in [-0.15, -0.1) is 11.8 Å². The molecule has 0 unspecified atom stereocenters. The van der Waals surface area contributed by atoms with Gasteiger partial charge in [0, 0.05) is 26.9 Å². The number of benzene rings is 1. The third-order valence-corrected chi connectivity index (χ3v) is 4.92. The number of ether oxygens (including phenoxy) is 1. The Morgan fingerprint density at radius 2 is 2.00 bits per heavy atom. The molecule has 0 aliphatic carbocycles. The van der Waals surface area contributed by atoms with E-state index in [0.29, 0.717) is 22.8 Å². The average Bonchev–Trinajstić information content (AvgIpc) is 2.57. The van der Waals surface area contributed by atoms with E-state index in [-0.39, 0.29) is 11.6 Å². The maximum Gasteiger partial charge on any atom is 0.337 e. The van der Waals surface area contributed by atoms with Gasteiger partial charge in [0.05, 0.1) is 6.61 Å². The number of carbonyl (C=O) groups is 1. The van der Waals surface area contributed by atoms with Crippen molar-refractivity contribution in [2.75, 3.05) is 12.4 Å². The Hall–Kier alpha value is -1.72. The summed E-state index contributed by atoms with van der Waals surface area (Å²) in [6, 6.07) is 6.76. The van der Waals surface area contributed by atoms with Crippen molar-refractivity contribution in [3.8, 4) is 0 Å². The number of hydrogen-bond acceptors (Lipinski definition) is 5. The van der Waals surface area contributed by atoms with Gasteiger partial charge in [-0.2, -0.15) is 0 Å². The predicted molar refractivity (Wildman–Crippen MR) is 102 cm³/mol. The van der Waals surface area contributed by atoms with Gasteiger partial charge in [-0.3, -0.25) is 0 Å². The minimum absolute atomic E-state index is 0.330. The fourth-order valence-electron chi connectivity index (χ4n) is 2.25. The van der Waals surface area contributed by atoms with E-state index in [9.17, 15) is 9.59 Å². The zero-order valence-electron chi connectivity index (χ0n) is 14.2. The van der Waals surface area contributed by atoms with E-state index >= 15 is 0 Å². The summed E-state index contributed by atoms with van der Waals surface area (Å²) in [5, 5.41) is 1.48. The summed E-state index contributed by atoms with van der Waals surface area (Å²) in [5.41, 5.74) is 0.631. The molecule has 2 aromatic rings. The molecule has 1 heterocycles. The van der Waals surface area contributed by atoms with E-state index in [1.807, 2.05) is 6.07 Å². The summed E-state index contributed by atoms with van der Waals surface area (Å²) in [6.45, 7) is 5.61. The molecule has 0 atom stereocenters. The van der Waals surface area contributed by atoms with Crippen molar-refractivity contribution in [3.05, 3.63) is 51.9 Å². The van der Waals surface area contributed by atoms with Crippen LogP contribution in [0.15, 0.2) is 50.5 Å². The molecular weight excluding hydrogens is 360 g/mol. The minimum atomic E-state index is -0.350. The second kappa shape index (κ2) is 9.68. The van der Waals surface area contributed by atoms with Crippen LogP contribution in [0.2, 0.25) is 5.02 Å². The molecule has 0 N–H and O–H groups in total. The van der Waals surface area contributed by atoms with E-state index in [1.54, 1.807) is 30.8 Å². The fourth-order valence-corrected chi connectivity index (χ4v) is 3.49. The number of halogens is 1. The second-order valence-electron chi connectivity index (χ2n) is 5.75. The summed E-state index contributed by atoms with van der Waals surface area (Å²) in [4.78, 5) is 23.8. The Morgan fingerprint density at radius 1 is 1.24 bits per heavy atom. The molecule has 0 aliphatic heterocycles. The monoisotopic (exact) mass is 380 g/mol. The van der Waals surface area contributed by atoms with Crippen molar-refractivity contribution < 1.29 is 13.9 Å². The van der Waals surface area contributed by atoms with Crippen LogP contribution in [0.5, 0.6) is 0 Å². The van der Waals surface area contributed by atoms with Gasteiger partial charge in [-0.25, -0.2) is 9.59 Å². The summed E-state index contributed by atoms with van der Waals surface area (Å²) < 4.78 is 10.2. The number of carbonyl (C=O) groups excluding carboxylic acids is 1. The highest BCUT2D eigenvalue weighted by Gasteiger charge is 2.07. The first-order chi connectivity index (χ1) is 12.0. The third kappa shape index (κ3) is 6.25. The zero-order valence-corrected chi connectivity index (χ0v) is 15.8. The maximum absolute atomic E-state index is 11.6. The molecule has 0 spiro atoms. The van der Waals surface area contributed by atoms with Crippen molar-refractivity contribution in [1.29, 1.82) is 0 Å². The Kier molecular flexibility index (Phi) is 7.59. The van der Waals surface area contributed by atoms with E-state index in [1.165, 1.54) is 6.07 Å². The zero-order chi connectivity index (χ0) is 18.2. The second-order valence-corrected chi connectivity index (χ2v) is 7.32. The Labute approximate surface area is 156 Å². The van der Waals surface area contributed by atoms with Gasteiger partial charge < -0.3 is 9.15 Å². The summed E-state index contributed by atoms with van der Waals surface area (Å²) in [5.74, 6) is 0.570. The van der Waals surface area contributed by atoms with Crippen molar-refractivity contribution in [3.63, 3.8) is 0 Å². The fraction of sp³-hybridized carbons (Fsp3) is 0.368. The van der Waals surface area contributed by atoms with Crippen LogP contribution in [0, 0.1) is 0 Å². The topological polar surface area (TPSA) is 56.5 Å². The van der Waals surface area contributed by atoms with Crippen LogP contribution in [0.3, 0.4) is 0 Å². The van der Waals surface area contributed by atoms with E-state index in [2.05, 4.69) is 6.58 Å². The smallest absolute Gasteiger partial charge is 0.337 e. The number of esters is 1. The first-order valence-corrected chi connectivity index (χ1v) is 9.52. The van der Waals surface area contributed by atoms with Crippen molar-refractivity contribution >= 4 is 40.3 Å². The molecular formula is C19H21ClO4S. The van der Waals surface area contributed by atoms with Crippen LogP contribution in [0.25, 0.3) is 11.0 Å². The Balaban J connectivity index is 1.74. The minimum Gasteiger partial charge on any atom is -0.462 e. The van der Waals surface area contributed by atoms with Crippen LogP contribution >= 0.6 is 23.4 Å². The predicted octanol–water partition coefficient (Wildman–Crippen LogP) is 5.22. The molecule has 0 fully saturated rings. The first kappa shape index (κ1) is 19.6. The van der Waals surface area contributed by atoms with Crippen LogP contribution in [-0.4, -0.2) is 18.3 Å². The average molecular weight is 381 g/mol. The lowest BCUT2D eigenvalue weighted by Crippen LogP contribution is -2.06. The van der Waals surface area contributed by atoms with Gasteiger partial charge >= 0.3 is 11.6 Å². The highest BCUT2D eigenvalue weighted by atomic mass is 35.5. The van der Waals surface area contributed by atoms with Crippen LogP contribution in [0.1, 0.15) is 32.6 Å². The SMILES string of the molecule is C=C(C)C(=O)OCCCCCCSc1cc(=O)oc2ccc(Cl)cc12. The molecule has 4 nitrogen and oxygen atoms in total. The molecule has 1 aromatic carbocycles. The van der Waals surface area contributed by atoms with Crippen LogP contribution in [0.4, 0.5) is 0 Å². The summed E-state index contributed by atoms with van der Waals surface area (Å²) >= 11 is 7.66. The van der Waals surface area contributed by atoms with Gasteiger partial charge in [0.1, 0.15) is 5.58 Å². The van der Waals surface area contributed by atoms with Gasteiger partial charge in [0.25, 0.3) is 0 Å². The Bertz CT molecular complexity index is 813. The van der Waals surface area contributed by atoms with Crippen LogP contribution < -0.4 is 5.63 Å². The summed E-state index contributed by atoms with van der Waals surface area (Å²) in [6.07, 6.45) is 3.89.